The molecule has 1 aliphatic heterocycles. The van der Waals surface area contributed by atoms with Crippen LogP contribution in [0.25, 0.3) is 0 Å². The number of hydrogen-bond acceptors (Lipinski definition) is 4. The molecule has 2 atom stereocenters. The van der Waals surface area contributed by atoms with Gasteiger partial charge in [0.1, 0.15) is 0 Å². The van der Waals surface area contributed by atoms with Gasteiger partial charge < -0.3 is 15.4 Å². The number of methoxy groups -OCH3 is 1. The molecule has 1 aromatic rings. The molecule has 1 saturated heterocycles. The molecular formula is C14H20N2O2. The molecule has 0 saturated carbocycles. The molecular weight excluding hydrogens is 228 g/mol. The fourth-order valence-corrected chi connectivity index (χ4v) is 2.50. The van der Waals surface area contributed by atoms with Gasteiger partial charge in [-0.25, -0.2) is 4.79 Å². The van der Waals surface area contributed by atoms with Crippen LogP contribution in [0.3, 0.4) is 0 Å². The highest BCUT2D eigenvalue weighted by Crippen LogP contribution is 2.34. The molecule has 2 unspecified atom stereocenters. The number of ether oxygens (including phenoxy) is 1. The second-order valence-electron chi connectivity index (χ2n) is 5.09. The zero-order chi connectivity index (χ0) is 13.3. The summed E-state index contributed by atoms with van der Waals surface area (Å²) in [7, 11) is 1.39. The lowest BCUT2D eigenvalue weighted by molar-refractivity contribution is 0.0601. The Morgan fingerprint density at radius 3 is 2.50 bits per heavy atom. The maximum absolute atomic E-state index is 11.8. The minimum atomic E-state index is -0.329. The lowest BCUT2D eigenvalue weighted by atomic mass is 10.0. The highest BCUT2D eigenvalue weighted by Gasteiger charge is 2.30. The van der Waals surface area contributed by atoms with Crippen molar-refractivity contribution in [1.29, 1.82) is 0 Å². The van der Waals surface area contributed by atoms with E-state index in [9.17, 15) is 4.79 Å². The second kappa shape index (κ2) is 4.88. The number of nitrogen functional groups attached to an aromatic ring is 1. The van der Waals surface area contributed by atoms with E-state index in [2.05, 4.69) is 18.7 Å². The van der Waals surface area contributed by atoms with Crippen LogP contribution in [0.4, 0.5) is 11.4 Å². The fourth-order valence-electron chi connectivity index (χ4n) is 2.50. The molecule has 0 amide bonds. The number of nitrogens with two attached hydrogens (primary N) is 1. The minimum Gasteiger partial charge on any atom is -0.465 e. The predicted octanol–water partition coefficient (Wildman–Crippen LogP) is 2.15. The van der Waals surface area contributed by atoms with Crippen molar-refractivity contribution >= 4 is 17.3 Å². The number of hydrogen-bond donors (Lipinski definition) is 1. The van der Waals surface area contributed by atoms with Crippen molar-refractivity contribution in [3.05, 3.63) is 23.8 Å². The Hall–Kier alpha value is -1.71. The van der Waals surface area contributed by atoms with E-state index in [0.29, 0.717) is 23.1 Å². The number of nitrogens with zero attached hydrogens (tertiary/aromatic N) is 1. The van der Waals surface area contributed by atoms with Crippen molar-refractivity contribution < 1.29 is 9.53 Å². The van der Waals surface area contributed by atoms with E-state index in [1.165, 1.54) is 7.11 Å². The van der Waals surface area contributed by atoms with Crippen LogP contribution in [0.15, 0.2) is 18.2 Å². The highest BCUT2D eigenvalue weighted by molar-refractivity contribution is 5.99. The molecule has 98 valence electrons. The molecule has 1 aliphatic rings. The van der Waals surface area contributed by atoms with Crippen molar-refractivity contribution in [2.24, 2.45) is 11.8 Å². The number of rotatable bonds is 2. The van der Waals surface area contributed by atoms with Crippen LogP contribution in [-0.2, 0) is 4.74 Å². The van der Waals surface area contributed by atoms with Crippen LogP contribution >= 0.6 is 0 Å². The third-order valence-electron chi connectivity index (χ3n) is 3.78. The van der Waals surface area contributed by atoms with Gasteiger partial charge >= 0.3 is 5.97 Å². The standard InChI is InChI=1S/C14H20N2O2/c1-9-7-16(8-10(9)2)13-11(14(17)18-3)5-4-6-12(13)15/h4-6,9-10H,7-8,15H2,1-3H3. The first-order chi connectivity index (χ1) is 8.54. The molecule has 0 radical (unpaired) electrons. The Kier molecular flexibility index (Phi) is 3.45. The molecule has 0 bridgehead atoms. The number of anilines is 2. The largest absolute Gasteiger partial charge is 0.465 e. The molecule has 1 fully saturated rings. The molecule has 2 rings (SSSR count). The first-order valence-electron chi connectivity index (χ1n) is 6.26. The smallest absolute Gasteiger partial charge is 0.340 e. The van der Waals surface area contributed by atoms with Gasteiger partial charge in [-0.3, -0.25) is 0 Å². The molecule has 2 N–H and O–H groups in total. The van der Waals surface area contributed by atoms with Crippen LogP contribution < -0.4 is 10.6 Å². The van der Waals surface area contributed by atoms with E-state index in [-0.39, 0.29) is 5.97 Å². The molecule has 0 spiro atoms. The van der Waals surface area contributed by atoms with Gasteiger partial charge in [-0.1, -0.05) is 19.9 Å². The number of carbonyl (C=O) groups is 1. The van der Waals surface area contributed by atoms with Crippen molar-refractivity contribution in [1.82, 2.24) is 0 Å². The Balaban J connectivity index is 2.40. The van der Waals surface area contributed by atoms with Gasteiger partial charge in [-0.15, -0.1) is 0 Å². The number of carbonyl (C=O) groups excluding carboxylic acids is 1. The van der Waals surface area contributed by atoms with Crippen LogP contribution in [0.5, 0.6) is 0 Å². The summed E-state index contributed by atoms with van der Waals surface area (Å²) < 4.78 is 4.82. The lowest BCUT2D eigenvalue weighted by Crippen LogP contribution is -2.23. The third-order valence-corrected chi connectivity index (χ3v) is 3.78. The highest BCUT2D eigenvalue weighted by atomic mass is 16.5. The van der Waals surface area contributed by atoms with Crippen molar-refractivity contribution in [3.63, 3.8) is 0 Å². The SMILES string of the molecule is COC(=O)c1cccc(N)c1N1CC(C)C(C)C1. The van der Waals surface area contributed by atoms with Gasteiger partial charge in [-0.05, 0) is 24.0 Å². The lowest BCUT2D eigenvalue weighted by Gasteiger charge is -2.23. The summed E-state index contributed by atoms with van der Waals surface area (Å²) in [6, 6.07) is 5.38. The fraction of sp³-hybridized carbons (Fsp3) is 0.500. The van der Waals surface area contributed by atoms with Gasteiger partial charge in [0.05, 0.1) is 24.0 Å². The zero-order valence-electron chi connectivity index (χ0n) is 11.1. The van der Waals surface area contributed by atoms with E-state index in [1.807, 2.05) is 6.07 Å². The molecule has 4 nitrogen and oxygen atoms in total. The van der Waals surface area contributed by atoms with Gasteiger partial charge in [0.15, 0.2) is 0 Å². The van der Waals surface area contributed by atoms with Gasteiger partial charge in [0.2, 0.25) is 0 Å². The van der Waals surface area contributed by atoms with Crippen molar-refractivity contribution in [2.45, 2.75) is 13.8 Å². The van der Waals surface area contributed by atoms with E-state index in [4.69, 9.17) is 10.5 Å². The summed E-state index contributed by atoms with van der Waals surface area (Å²) in [4.78, 5) is 14.0. The summed E-state index contributed by atoms with van der Waals surface area (Å²) in [6.45, 7) is 6.31. The van der Waals surface area contributed by atoms with Crippen LogP contribution in [0.1, 0.15) is 24.2 Å². The molecule has 0 aromatic heterocycles. The minimum absolute atomic E-state index is 0.329. The number of esters is 1. The summed E-state index contributed by atoms with van der Waals surface area (Å²) >= 11 is 0. The van der Waals surface area contributed by atoms with E-state index >= 15 is 0 Å². The van der Waals surface area contributed by atoms with Crippen molar-refractivity contribution in [3.8, 4) is 0 Å². The molecule has 1 heterocycles. The monoisotopic (exact) mass is 248 g/mol. The molecule has 1 aromatic carbocycles. The quantitative estimate of drug-likeness (QED) is 0.643. The maximum Gasteiger partial charge on any atom is 0.340 e. The summed E-state index contributed by atoms with van der Waals surface area (Å²) in [5, 5.41) is 0. The Morgan fingerprint density at radius 2 is 1.94 bits per heavy atom. The summed E-state index contributed by atoms with van der Waals surface area (Å²) in [5.74, 6) is 0.884. The van der Waals surface area contributed by atoms with Crippen LogP contribution in [-0.4, -0.2) is 26.2 Å². The predicted molar refractivity (Wildman–Crippen MR) is 72.7 cm³/mol. The Bertz CT molecular complexity index is 449. The van der Waals surface area contributed by atoms with Gasteiger partial charge in [0, 0.05) is 13.1 Å². The van der Waals surface area contributed by atoms with Crippen LogP contribution in [0.2, 0.25) is 0 Å². The Morgan fingerprint density at radius 1 is 1.33 bits per heavy atom. The topological polar surface area (TPSA) is 55.6 Å². The van der Waals surface area contributed by atoms with E-state index in [1.54, 1.807) is 12.1 Å². The first-order valence-corrected chi connectivity index (χ1v) is 6.26. The molecule has 4 heteroatoms. The number of benzene rings is 1. The van der Waals surface area contributed by atoms with Crippen molar-refractivity contribution in [2.75, 3.05) is 30.8 Å². The Labute approximate surface area is 108 Å². The second-order valence-corrected chi connectivity index (χ2v) is 5.09. The normalized spacial score (nSPS) is 23.2. The van der Waals surface area contributed by atoms with Gasteiger partial charge in [-0.2, -0.15) is 0 Å². The van der Waals surface area contributed by atoms with E-state index < -0.39 is 0 Å². The van der Waals surface area contributed by atoms with E-state index in [0.717, 1.165) is 18.8 Å². The maximum atomic E-state index is 11.8. The molecule has 0 aliphatic carbocycles. The summed E-state index contributed by atoms with van der Waals surface area (Å²) in [5.41, 5.74) is 8.05. The van der Waals surface area contributed by atoms with Gasteiger partial charge in [0.25, 0.3) is 0 Å². The van der Waals surface area contributed by atoms with Crippen LogP contribution in [0, 0.1) is 11.8 Å². The molecule has 18 heavy (non-hydrogen) atoms. The zero-order valence-corrected chi connectivity index (χ0v) is 11.1. The average Bonchev–Trinajstić information content (AvgIpc) is 2.68. The summed E-state index contributed by atoms with van der Waals surface area (Å²) in [6.07, 6.45) is 0. The average molecular weight is 248 g/mol. The first kappa shape index (κ1) is 12.7. The third kappa shape index (κ3) is 2.15. The number of para-hydroxylation sites is 1.